The molecular formula is C19H18N2OS2. The highest BCUT2D eigenvalue weighted by Gasteiger charge is 2.19. The maximum absolute atomic E-state index is 12.5. The van der Waals surface area contributed by atoms with Crippen LogP contribution in [0.3, 0.4) is 0 Å². The summed E-state index contributed by atoms with van der Waals surface area (Å²) in [5.74, 6) is 5.82. The van der Waals surface area contributed by atoms with Crippen molar-refractivity contribution in [2.24, 2.45) is 0 Å². The summed E-state index contributed by atoms with van der Waals surface area (Å²) in [7, 11) is 0. The lowest BCUT2D eigenvalue weighted by molar-refractivity contribution is 0.103. The molecule has 3 aromatic rings. The maximum atomic E-state index is 12.5. The second kappa shape index (κ2) is 6.39. The molecule has 5 heteroatoms. The Hall–Kier alpha value is -2.16. The molecule has 2 aromatic heterocycles. The van der Waals surface area contributed by atoms with E-state index in [1.807, 2.05) is 36.6 Å². The van der Waals surface area contributed by atoms with Crippen LogP contribution in [0.5, 0.6) is 0 Å². The molecule has 0 spiro atoms. The monoisotopic (exact) mass is 354 g/mol. The molecule has 0 unspecified atom stereocenters. The minimum absolute atomic E-state index is 0.0200. The first-order chi connectivity index (χ1) is 11.4. The Morgan fingerprint density at radius 3 is 2.71 bits per heavy atom. The summed E-state index contributed by atoms with van der Waals surface area (Å²) in [5.41, 5.74) is 1.93. The molecule has 1 amide bonds. The van der Waals surface area contributed by atoms with E-state index in [9.17, 15) is 4.79 Å². The van der Waals surface area contributed by atoms with Gasteiger partial charge in [-0.1, -0.05) is 26.7 Å². The van der Waals surface area contributed by atoms with Crippen LogP contribution in [0.4, 0.5) is 5.13 Å². The zero-order chi connectivity index (χ0) is 17.3. The Labute approximate surface area is 149 Å². The number of fused-ring (bicyclic) bond motifs is 1. The van der Waals surface area contributed by atoms with E-state index in [1.54, 1.807) is 0 Å². The highest BCUT2D eigenvalue weighted by atomic mass is 32.1. The number of thiazole rings is 1. The van der Waals surface area contributed by atoms with Gasteiger partial charge in [0.1, 0.15) is 0 Å². The van der Waals surface area contributed by atoms with Crippen molar-refractivity contribution in [2.45, 2.75) is 33.1 Å². The van der Waals surface area contributed by atoms with Crippen molar-refractivity contribution in [3.63, 3.8) is 0 Å². The number of nitrogens with zero attached hydrogens (tertiary/aromatic N) is 1. The van der Waals surface area contributed by atoms with Crippen LogP contribution < -0.4 is 5.32 Å². The Morgan fingerprint density at radius 2 is 2.04 bits per heavy atom. The summed E-state index contributed by atoms with van der Waals surface area (Å²) in [6.45, 7) is 8.14. The van der Waals surface area contributed by atoms with Crippen molar-refractivity contribution in [2.75, 3.05) is 5.32 Å². The van der Waals surface area contributed by atoms with Crippen LogP contribution in [0.15, 0.2) is 29.6 Å². The Balaban J connectivity index is 1.83. The minimum atomic E-state index is -0.117. The van der Waals surface area contributed by atoms with E-state index in [2.05, 4.69) is 42.9 Å². The number of amides is 1. The molecule has 0 aliphatic carbocycles. The zero-order valence-corrected chi connectivity index (χ0v) is 15.7. The van der Waals surface area contributed by atoms with Crippen molar-refractivity contribution in [3.8, 4) is 11.8 Å². The number of rotatable bonds is 2. The fraction of sp³-hybridized carbons (Fsp3) is 0.263. The standard InChI is InChI=1S/C19H18N2OS2/c1-5-6-12-7-8-14-13(9-12)10-15(24-14)17(22)21-18-20-16(11-23-18)19(2,3)4/h7-11H,1-4H3,(H,20,21,22). The van der Waals surface area contributed by atoms with Gasteiger partial charge in [0.25, 0.3) is 5.91 Å². The van der Waals surface area contributed by atoms with Gasteiger partial charge in [-0.05, 0) is 36.6 Å². The van der Waals surface area contributed by atoms with Crippen molar-refractivity contribution < 1.29 is 4.79 Å². The van der Waals surface area contributed by atoms with E-state index in [0.29, 0.717) is 10.0 Å². The molecule has 0 bridgehead atoms. The van der Waals surface area contributed by atoms with Gasteiger partial charge in [0.2, 0.25) is 0 Å². The average Bonchev–Trinajstić information content (AvgIpc) is 3.13. The molecule has 3 nitrogen and oxygen atoms in total. The normalized spacial score (nSPS) is 11.2. The number of hydrogen-bond donors (Lipinski definition) is 1. The Kier molecular flexibility index (Phi) is 4.44. The first-order valence-corrected chi connectivity index (χ1v) is 9.30. The third kappa shape index (κ3) is 3.50. The number of anilines is 1. The van der Waals surface area contributed by atoms with Crippen LogP contribution in [0.2, 0.25) is 0 Å². The summed E-state index contributed by atoms with van der Waals surface area (Å²) in [4.78, 5) is 17.7. The van der Waals surface area contributed by atoms with E-state index < -0.39 is 0 Å². The minimum Gasteiger partial charge on any atom is -0.297 e. The van der Waals surface area contributed by atoms with Crippen molar-refractivity contribution in [3.05, 3.63) is 45.8 Å². The number of carbonyl (C=O) groups excluding carboxylic acids is 1. The van der Waals surface area contributed by atoms with Gasteiger partial charge in [0.05, 0.1) is 10.6 Å². The predicted octanol–water partition coefficient (Wildman–Crippen LogP) is 5.28. The molecule has 0 fully saturated rings. The number of aromatic nitrogens is 1. The summed E-state index contributed by atoms with van der Waals surface area (Å²) < 4.78 is 1.08. The molecule has 0 radical (unpaired) electrons. The van der Waals surface area contributed by atoms with Crippen LogP contribution in [0, 0.1) is 11.8 Å². The number of hydrogen-bond acceptors (Lipinski definition) is 4. The molecule has 122 valence electrons. The molecule has 1 aromatic carbocycles. The lowest BCUT2D eigenvalue weighted by Gasteiger charge is -2.14. The van der Waals surface area contributed by atoms with Gasteiger partial charge < -0.3 is 0 Å². The highest BCUT2D eigenvalue weighted by molar-refractivity contribution is 7.21. The molecule has 0 aliphatic heterocycles. The zero-order valence-electron chi connectivity index (χ0n) is 14.1. The highest BCUT2D eigenvalue weighted by Crippen LogP contribution is 2.29. The molecule has 0 saturated heterocycles. The van der Waals surface area contributed by atoms with Gasteiger partial charge in [-0.25, -0.2) is 4.98 Å². The molecular weight excluding hydrogens is 336 g/mol. The van der Waals surface area contributed by atoms with Crippen LogP contribution in [0.25, 0.3) is 10.1 Å². The quantitative estimate of drug-likeness (QED) is 0.636. The third-order valence-electron chi connectivity index (χ3n) is 3.50. The van der Waals surface area contributed by atoms with Crippen molar-refractivity contribution in [1.29, 1.82) is 0 Å². The molecule has 2 heterocycles. The van der Waals surface area contributed by atoms with Crippen LogP contribution in [-0.4, -0.2) is 10.9 Å². The first-order valence-electron chi connectivity index (χ1n) is 7.60. The third-order valence-corrected chi connectivity index (χ3v) is 5.38. The van der Waals surface area contributed by atoms with Gasteiger partial charge in [0.15, 0.2) is 5.13 Å². The van der Waals surface area contributed by atoms with Crippen LogP contribution in [0.1, 0.15) is 48.6 Å². The fourth-order valence-corrected chi connectivity index (χ4v) is 4.08. The van der Waals surface area contributed by atoms with E-state index in [-0.39, 0.29) is 11.3 Å². The van der Waals surface area contributed by atoms with Gasteiger partial charge in [-0.15, -0.1) is 28.6 Å². The van der Waals surface area contributed by atoms with Gasteiger partial charge in [-0.3, -0.25) is 10.1 Å². The lowest BCUT2D eigenvalue weighted by atomic mass is 9.93. The molecule has 0 aliphatic rings. The number of thiophene rings is 1. The molecule has 1 N–H and O–H groups in total. The Bertz CT molecular complexity index is 965. The summed E-state index contributed by atoms with van der Waals surface area (Å²) in [6.07, 6.45) is 0. The van der Waals surface area contributed by atoms with E-state index in [4.69, 9.17) is 0 Å². The molecule has 0 saturated carbocycles. The topological polar surface area (TPSA) is 42.0 Å². The Morgan fingerprint density at radius 1 is 1.25 bits per heavy atom. The van der Waals surface area contributed by atoms with E-state index >= 15 is 0 Å². The SMILES string of the molecule is CC#Cc1ccc2sc(C(=O)Nc3nc(C(C)(C)C)cs3)cc2c1. The maximum Gasteiger partial charge on any atom is 0.267 e. The summed E-state index contributed by atoms with van der Waals surface area (Å²) in [6, 6.07) is 7.92. The van der Waals surface area contributed by atoms with E-state index in [1.165, 1.54) is 22.7 Å². The van der Waals surface area contributed by atoms with E-state index in [0.717, 1.165) is 21.3 Å². The van der Waals surface area contributed by atoms with Crippen molar-refractivity contribution in [1.82, 2.24) is 4.98 Å². The van der Waals surface area contributed by atoms with Crippen LogP contribution >= 0.6 is 22.7 Å². The number of carbonyl (C=O) groups is 1. The average molecular weight is 354 g/mol. The summed E-state index contributed by atoms with van der Waals surface area (Å²) in [5, 5.41) is 6.58. The van der Waals surface area contributed by atoms with Crippen LogP contribution in [-0.2, 0) is 5.41 Å². The molecule has 0 atom stereocenters. The van der Waals surface area contributed by atoms with Gasteiger partial charge in [0, 0.05) is 21.1 Å². The number of benzene rings is 1. The first kappa shape index (κ1) is 16.7. The van der Waals surface area contributed by atoms with Gasteiger partial charge in [-0.2, -0.15) is 0 Å². The second-order valence-corrected chi connectivity index (χ2v) is 8.42. The molecule has 24 heavy (non-hydrogen) atoms. The predicted molar refractivity (Wildman–Crippen MR) is 103 cm³/mol. The smallest absolute Gasteiger partial charge is 0.267 e. The number of nitrogens with one attached hydrogen (secondary N) is 1. The van der Waals surface area contributed by atoms with Crippen molar-refractivity contribution >= 4 is 43.8 Å². The van der Waals surface area contributed by atoms with Gasteiger partial charge >= 0.3 is 0 Å². The largest absolute Gasteiger partial charge is 0.297 e. The summed E-state index contributed by atoms with van der Waals surface area (Å²) >= 11 is 2.94. The second-order valence-electron chi connectivity index (χ2n) is 6.48. The molecule has 3 rings (SSSR count). The lowest BCUT2D eigenvalue weighted by Crippen LogP contribution is -2.13. The fourth-order valence-electron chi connectivity index (χ4n) is 2.21.